The number of alkyl carbamates (subject to hydrolysis) is 1. The number of hydrogen-bond donors (Lipinski definition) is 2. The lowest BCUT2D eigenvalue weighted by molar-refractivity contribution is -0.148. The molecule has 1 amide bonds. The van der Waals surface area contributed by atoms with E-state index in [1.165, 1.54) is 0 Å². The summed E-state index contributed by atoms with van der Waals surface area (Å²) in [6, 6.07) is 15.6. The number of hydrogen-bond acceptors (Lipinski definition) is 4. The smallest absolute Gasteiger partial charge is 0.407 e. The summed E-state index contributed by atoms with van der Waals surface area (Å²) in [4.78, 5) is 23.3. The van der Waals surface area contributed by atoms with E-state index in [1.807, 2.05) is 36.4 Å². The van der Waals surface area contributed by atoms with Crippen LogP contribution in [-0.4, -0.2) is 42.5 Å². The molecule has 0 saturated carbocycles. The summed E-state index contributed by atoms with van der Waals surface area (Å²) in [5.74, 6) is -1.10. The Morgan fingerprint density at radius 3 is 2.31 bits per heavy atom. The van der Waals surface area contributed by atoms with Gasteiger partial charge in [-0.05, 0) is 28.7 Å². The Morgan fingerprint density at radius 2 is 1.69 bits per heavy atom. The molecule has 2 atom stereocenters. The Bertz CT molecular complexity index is 804. The molecule has 2 aromatic carbocycles. The maximum absolute atomic E-state index is 12.2. The van der Waals surface area contributed by atoms with Gasteiger partial charge in [0, 0.05) is 12.5 Å². The number of carbonyl (C=O) groups excluding carboxylic acids is 1. The fourth-order valence-corrected chi connectivity index (χ4v) is 3.77. The first-order valence-corrected chi connectivity index (χ1v) is 8.61. The summed E-state index contributed by atoms with van der Waals surface area (Å²) in [6.45, 7) is 0.510. The summed E-state index contributed by atoms with van der Waals surface area (Å²) in [5, 5.41) is 11.7. The molecule has 1 fully saturated rings. The van der Waals surface area contributed by atoms with Crippen LogP contribution in [0.1, 0.15) is 23.5 Å². The first-order chi connectivity index (χ1) is 12.6. The lowest BCUT2D eigenvalue weighted by Gasteiger charge is -2.18. The van der Waals surface area contributed by atoms with Gasteiger partial charge in [0.15, 0.2) is 6.10 Å². The van der Waals surface area contributed by atoms with E-state index < -0.39 is 24.2 Å². The Morgan fingerprint density at radius 1 is 1.08 bits per heavy atom. The third-order valence-corrected chi connectivity index (χ3v) is 4.98. The maximum atomic E-state index is 12.2. The van der Waals surface area contributed by atoms with Crippen LogP contribution < -0.4 is 5.32 Å². The first-order valence-electron chi connectivity index (χ1n) is 8.61. The molecule has 1 saturated heterocycles. The molecule has 1 aliphatic heterocycles. The van der Waals surface area contributed by atoms with Crippen LogP contribution in [0.5, 0.6) is 0 Å². The molecule has 0 bridgehead atoms. The van der Waals surface area contributed by atoms with E-state index >= 15 is 0 Å². The molecule has 0 unspecified atom stereocenters. The van der Waals surface area contributed by atoms with Gasteiger partial charge in [0.25, 0.3) is 0 Å². The summed E-state index contributed by atoms with van der Waals surface area (Å²) >= 11 is 0. The van der Waals surface area contributed by atoms with Crippen LogP contribution >= 0.6 is 0 Å². The highest BCUT2D eigenvalue weighted by atomic mass is 16.6. The van der Waals surface area contributed by atoms with E-state index in [4.69, 9.17) is 14.6 Å². The van der Waals surface area contributed by atoms with Crippen LogP contribution in [-0.2, 0) is 14.3 Å². The lowest BCUT2D eigenvalue weighted by atomic mass is 9.98. The summed E-state index contributed by atoms with van der Waals surface area (Å²) in [5.41, 5.74) is 4.59. The second-order valence-electron chi connectivity index (χ2n) is 6.49. The molecule has 26 heavy (non-hydrogen) atoms. The molecule has 4 rings (SSSR count). The van der Waals surface area contributed by atoms with Gasteiger partial charge in [0.1, 0.15) is 6.61 Å². The molecule has 2 aromatic rings. The van der Waals surface area contributed by atoms with Crippen molar-refractivity contribution in [2.45, 2.75) is 24.5 Å². The van der Waals surface area contributed by atoms with Crippen LogP contribution in [0.4, 0.5) is 4.79 Å². The average molecular weight is 353 g/mol. The Hall–Kier alpha value is -2.86. The molecule has 2 aliphatic rings. The number of benzene rings is 2. The van der Waals surface area contributed by atoms with Crippen molar-refractivity contribution in [2.24, 2.45) is 0 Å². The van der Waals surface area contributed by atoms with Crippen molar-refractivity contribution in [3.63, 3.8) is 0 Å². The number of rotatable bonds is 4. The highest BCUT2D eigenvalue weighted by molar-refractivity contribution is 5.79. The third-order valence-electron chi connectivity index (χ3n) is 4.98. The molecule has 1 heterocycles. The van der Waals surface area contributed by atoms with Gasteiger partial charge in [-0.25, -0.2) is 9.59 Å². The minimum Gasteiger partial charge on any atom is -0.479 e. The number of nitrogens with one attached hydrogen (secondary N) is 1. The topological polar surface area (TPSA) is 84.9 Å². The molecule has 0 radical (unpaired) electrons. The van der Waals surface area contributed by atoms with E-state index in [2.05, 4.69) is 17.4 Å². The number of fused-ring (bicyclic) bond motifs is 3. The molecule has 6 heteroatoms. The van der Waals surface area contributed by atoms with Gasteiger partial charge in [0.05, 0.1) is 6.04 Å². The molecule has 134 valence electrons. The highest BCUT2D eigenvalue weighted by Gasteiger charge is 2.36. The number of carbonyl (C=O) groups is 2. The number of aliphatic carboxylic acids is 1. The van der Waals surface area contributed by atoms with Gasteiger partial charge < -0.3 is 19.9 Å². The highest BCUT2D eigenvalue weighted by Crippen LogP contribution is 2.44. The number of ether oxygens (including phenoxy) is 2. The fourth-order valence-electron chi connectivity index (χ4n) is 3.77. The van der Waals surface area contributed by atoms with Crippen LogP contribution in [0.25, 0.3) is 11.1 Å². The van der Waals surface area contributed by atoms with Crippen molar-refractivity contribution >= 4 is 12.1 Å². The second-order valence-corrected chi connectivity index (χ2v) is 6.49. The van der Waals surface area contributed by atoms with E-state index in [0.29, 0.717) is 13.0 Å². The molecule has 0 spiro atoms. The monoisotopic (exact) mass is 353 g/mol. The minimum atomic E-state index is -1.08. The normalized spacial score (nSPS) is 21.1. The average Bonchev–Trinajstić information content (AvgIpc) is 3.23. The maximum Gasteiger partial charge on any atom is 0.407 e. The Balaban J connectivity index is 1.45. The van der Waals surface area contributed by atoms with E-state index in [-0.39, 0.29) is 12.5 Å². The van der Waals surface area contributed by atoms with Gasteiger partial charge in [-0.1, -0.05) is 48.5 Å². The van der Waals surface area contributed by atoms with Crippen molar-refractivity contribution in [3.05, 3.63) is 59.7 Å². The third kappa shape index (κ3) is 2.93. The minimum absolute atomic E-state index is 0.0248. The van der Waals surface area contributed by atoms with Crippen LogP contribution in [0.3, 0.4) is 0 Å². The predicted octanol–water partition coefficient (Wildman–Crippen LogP) is 2.77. The van der Waals surface area contributed by atoms with Gasteiger partial charge in [0.2, 0.25) is 0 Å². The fraction of sp³-hybridized carbons (Fsp3) is 0.300. The van der Waals surface area contributed by atoms with Gasteiger partial charge in [-0.3, -0.25) is 0 Å². The molecule has 1 aliphatic carbocycles. The van der Waals surface area contributed by atoms with Crippen LogP contribution in [0.15, 0.2) is 48.5 Å². The summed E-state index contributed by atoms with van der Waals surface area (Å²) < 4.78 is 10.6. The summed E-state index contributed by atoms with van der Waals surface area (Å²) in [6.07, 6.45) is -1.18. The molecule has 6 nitrogen and oxygen atoms in total. The quantitative estimate of drug-likeness (QED) is 0.883. The zero-order chi connectivity index (χ0) is 18.1. The van der Waals surface area contributed by atoms with Crippen molar-refractivity contribution in [3.8, 4) is 11.1 Å². The zero-order valence-corrected chi connectivity index (χ0v) is 14.1. The van der Waals surface area contributed by atoms with Gasteiger partial charge >= 0.3 is 12.1 Å². The zero-order valence-electron chi connectivity index (χ0n) is 14.1. The van der Waals surface area contributed by atoms with Crippen molar-refractivity contribution in [2.75, 3.05) is 13.2 Å². The predicted molar refractivity (Wildman–Crippen MR) is 94.0 cm³/mol. The van der Waals surface area contributed by atoms with Crippen molar-refractivity contribution in [1.29, 1.82) is 0 Å². The van der Waals surface area contributed by atoms with Crippen molar-refractivity contribution in [1.82, 2.24) is 5.32 Å². The Kier molecular flexibility index (Phi) is 4.34. The molecule has 2 N–H and O–H groups in total. The SMILES string of the molecule is O=C(N[C@H]1CCO[C@H]1C(=O)O)OCC1c2ccccc2-c2ccccc21. The number of amides is 1. The van der Waals surface area contributed by atoms with Crippen molar-refractivity contribution < 1.29 is 24.2 Å². The molecule has 0 aromatic heterocycles. The summed E-state index contributed by atoms with van der Waals surface area (Å²) in [7, 11) is 0. The lowest BCUT2D eigenvalue weighted by Crippen LogP contribution is -2.44. The first kappa shape index (κ1) is 16.6. The van der Waals surface area contributed by atoms with E-state index in [1.54, 1.807) is 0 Å². The number of carboxylic acid groups (broad SMARTS) is 1. The van der Waals surface area contributed by atoms with E-state index in [0.717, 1.165) is 22.3 Å². The number of carboxylic acids is 1. The van der Waals surface area contributed by atoms with Crippen LogP contribution in [0, 0.1) is 0 Å². The van der Waals surface area contributed by atoms with Gasteiger partial charge in [-0.15, -0.1) is 0 Å². The van der Waals surface area contributed by atoms with E-state index in [9.17, 15) is 9.59 Å². The standard InChI is InChI=1S/C20H19NO5/c22-19(23)18-17(9-10-25-18)21-20(24)26-11-16-14-7-3-1-5-12(14)13-6-2-4-8-15(13)16/h1-8,16-18H,9-11H2,(H,21,24)(H,22,23)/t17-,18+/m0/s1. The molecular formula is C20H19NO5. The second kappa shape index (κ2) is 6.80. The van der Waals surface area contributed by atoms with Gasteiger partial charge in [-0.2, -0.15) is 0 Å². The largest absolute Gasteiger partial charge is 0.479 e. The molecular weight excluding hydrogens is 334 g/mol. The Labute approximate surface area is 150 Å². The van der Waals surface area contributed by atoms with Crippen LogP contribution in [0.2, 0.25) is 0 Å².